The minimum atomic E-state index is -3.75. The molecule has 2 atom stereocenters. The number of ketones is 2. The standard InChI is InChI=1S/C46H58N10O8S2/c1-7-55(8-2)31-29-47-65(61,62)41-25-21-37(22-26-41)49-45(59)43(33(5)57)53-51-39-17-13-35(14-18-39)11-12-36-15-19-40(20-16-36)52-54-44(34(6)58)46(60)50-38-23-27-42(28-24-38)66(63,64)48-30-32-56(9-3)10-4/h11-28,43-44,47-48H,7-10,29-32H2,1-6H3,(H,49,59)(H,50,60). The van der Waals surface area contributed by atoms with E-state index in [0.29, 0.717) is 24.5 Å². The van der Waals surface area contributed by atoms with Crippen molar-refractivity contribution >= 4 is 78.3 Å². The van der Waals surface area contributed by atoms with Crippen LogP contribution in [0.25, 0.3) is 12.2 Å². The molecule has 4 rings (SSSR count). The van der Waals surface area contributed by atoms with E-state index in [4.69, 9.17) is 0 Å². The molecule has 20 heteroatoms. The minimum Gasteiger partial charge on any atom is -0.324 e. The fraction of sp³-hybridized carbons (Fsp3) is 0.348. The van der Waals surface area contributed by atoms with Crippen molar-refractivity contribution in [2.24, 2.45) is 20.5 Å². The van der Waals surface area contributed by atoms with Crippen LogP contribution in [0.3, 0.4) is 0 Å². The van der Waals surface area contributed by atoms with E-state index < -0.39 is 55.5 Å². The van der Waals surface area contributed by atoms with Crippen molar-refractivity contribution < 1.29 is 36.0 Å². The summed E-state index contributed by atoms with van der Waals surface area (Å²) < 4.78 is 56.0. The van der Waals surface area contributed by atoms with Crippen molar-refractivity contribution in [3.05, 3.63) is 108 Å². The molecule has 66 heavy (non-hydrogen) atoms. The van der Waals surface area contributed by atoms with Gasteiger partial charge in [0.25, 0.3) is 11.8 Å². The Morgan fingerprint density at radius 2 is 0.833 bits per heavy atom. The molecule has 0 aliphatic carbocycles. The number of amides is 2. The fourth-order valence-corrected chi connectivity index (χ4v) is 8.20. The van der Waals surface area contributed by atoms with Crippen molar-refractivity contribution in [3.8, 4) is 0 Å². The van der Waals surface area contributed by atoms with Crippen molar-refractivity contribution in [2.75, 3.05) is 63.0 Å². The Labute approximate surface area is 387 Å². The summed E-state index contributed by atoms with van der Waals surface area (Å²) in [5, 5.41) is 21.4. The van der Waals surface area contributed by atoms with E-state index in [-0.39, 0.29) is 34.3 Å². The van der Waals surface area contributed by atoms with Crippen LogP contribution in [-0.4, -0.2) is 114 Å². The zero-order valence-electron chi connectivity index (χ0n) is 38.0. The van der Waals surface area contributed by atoms with Gasteiger partial charge in [-0.2, -0.15) is 20.5 Å². The normalized spacial score (nSPS) is 13.2. The fourth-order valence-electron chi connectivity index (χ4n) is 6.16. The largest absolute Gasteiger partial charge is 0.324 e. The van der Waals surface area contributed by atoms with Gasteiger partial charge in [0.1, 0.15) is 0 Å². The summed E-state index contributed by atoms with van der Waals surface area (Å²) >= 11 is 0. The van der Waals surface area contributed by atoms with Crippen molar-refractivity contribution in [3.63, 3.8) is 0 Å². The average molecular weight is 943 g/mol. The summed E-state index contributed by atoms with van der Waals surface area (Å²) in [6.45, 7) is 15.4. The van der Waals surface area contributed by atoms with Gasteiger partial charge < -0.3 is 20.4 Å². The van der Waals surface area contributed by atoms with E-state index in [0.717, 1.165) is 37.3 Å². The average Bonchev–Trinajstić information content (AvgIpc) is 3.29. The number of sulfonamides is 2. The molecule has 0 spiro atoms. The maximum atomic E-state index is 13.0. The summed E-state index contributed by atoms with van der Waals surface area (Å²) in [6, 6.07) is 22.1. The van der Waals surface area contributed by atoms with Gasteiger partial charge in [0.15, 0.2) is 11.6 Å². The highest BCUT2D eigenvalue weighted by molar-refractivity contribution is 7.89. The van der Waals surface area contributed by atoms with Crippen LogP contribution in [0, 0.1) is 0 Å². The molecule has 0 aromatic heterocycles. The Morgan fingerprint density at radius 3 is 1.12 bits per heavy atom. The number of likely N-dealkylation sites (N-methyl/N-ethyl adjacent to an activating group) is 2. The maximum absolute atomic E-state index is 13.0. The van der Waals surface area contributed by atoms with Crippen LogP contribution >= 0.6 is 0 Å². The number of hydrogen-bond acceptors (Lipinski definition) is 14. The number of nitrogens with zero attached hydrogens (tertiary/aromatic N) is 6. The Kier molecular flexibility index (Phi) is 20.3. The molecule has 4 aromatic carbocycles. The van der Waals surface area contributed by atoms with Crippen LogP contribution in [0.5, 0.6) is 0 Å². The second-order valence-corrected chi connectivity index (χ2v) is 18.4. The molecular formula is C46H58N10O8S2. The van der Waals surface area contributed by atoms with Gasteiger partial charge in [0.05, 0.1) is 21.2 Å². The lowest BCUT2D eigenvalue weighted by Gasteiger charge is -2.18. The van der Waals surface area contributed by atoms with E-state index in [9.17, 15) is 36.0 Å². The van der Waals surface area contributed by atoms with Crippen molar-refractivity contribution in [1.29, 1.82) is 0 Å². The zero-order chi connectivity index (χ0) is 48.3. The molecule has 2 unspecified atom stereocenters. The first-order valence-corrected chi connectivity index (χ1v) is 24.4. The van der Waals surface area contributed by atoms with Crippen molar-refractivity contribution in [2.45, 2.75) is 63.4 Å². The Morgan fingerprint density at radius 1 is 0.515 bits per heavy atom. The topological polar surface area (TPSA) is 241 Å². The van der Waals surface area contributed by atoms with Crippen LogP contribution in [0.1, 0.15) is 52.7 Å². The third-order valence-corrected chi connectivity index (χ3v) is 13.1. The first-order chi connectivity index (χ1) is 31.5. The number of carbonyl (C=O) groups excluding carboxylic acids is 4. The SMILES string of the molecule is CCN(CC)CCNS(=O)(=O)c1ccc(NC(=O)C(N=Nc2ccc(C=Cc3ccc(N=NC(C(C)=O)C(=O)Nc4ccc(S(=O)(=O)NCCN(CC)CC)cc4)cc3)cc2)C(C)=O)cc1. The number of azo groups is 2. The predicted molar refractivity (Wildman–Crippen MR) is 256 cm³/mol. The Bertz CT molecular complexity index is 2380. The summed E-state index contributed by atoms with van der Waals surface area (Å²) in [5.41, 5.74) is 3.01. The molecular weight excluding hydrogens is 885 g/mol. The van der Waals surface area contributed by atoms with Crippen LogP contribution in [-0.2, 0) is 39.2 Å². The number of nitrogens with one attached hydrogen (secondary N) is 4. The minimum absolute atomic E-state index is 0.0393. The van der Waals surface area contributed by atoms with Gasteiger partial charge in [-0.15, -0.1) is 0 Å². The second-order valence-electron chi connectivity index (χ2n) is 14.9. The van der Waals surface area contributed by atoms with Gasteiger partial charge in [-0.05, 0) is 124 Å². The Hall–Kier alpha value is -6.16. The number of rotatable bonds is 26. The van der Waals surface area contributed by atoms with Gasteiger partial charge in [-0.1, -0.05) is 64.1 Å². The lowest BCUT2D eigenvalue weighted by molar-refractivity contribution is -0.127. The third kappa shape index (κ3) is 16.4. The van der Waals surface area contributed by atoms with Gasteiger partial charge in [0.2, 0.25) is 32.1 Å². The monoisotopic (exact) mass is 942 g/mol. The molecule has 0 aliphatic heterocycles. The number of hydrogen-bond donors (Lipinski definition) is 4. The molecule has 4 aromatic rings. The molecule has 0 saturated heterocycles. The molecule has 4 N–H and O–H groups in total. The van der Waals surface area contributed by atoms with E-state index in [2.05, 4.69) is 50.3 Å². The molecule has 0 radical (unpaired) electrons. The lowest BCUT2D eigenvalue weighted by atomic mass is 10.1. The van der Waals surface area contributed by atoms with E-state index in [1.54, 1.807) is 48.5 Å². The van der Waals surface area contributed by atoms with Crippen LogP contribution in [0.15, 0.2) is 127 Å². The predicted octanol–water partition coefficient (Wildman–Crippen LogP) is 6.46. The van der Waals surface area contributed by atoms with E-state index >= 15 is 0 Å². The molecule has 352 valence electrons. The second kappa shape index (κ2) is 25.5. The van der Waals surface area contributed by atoms with Crippen LogP contribution in [0.4, 0.5) is 22.7 Å². The first kappa shape index (κ1) is 52.5. The number of anilines is 2. The van der Waals surface area contributed by atoms with Crippen LogP contribution in [0.2, 0.25) is 0 Å². The molecule has 0 saturated carbocycles. The summed E-state index contributed by atoms with van der Waals surface area (Å²) in [7, 11) is -7.50. The van der Waals surface area contributed by atoms with Gasteiger partial charge in [0, 0.05) is 37.6 Å². The molecule has 0 heterocycles. The van der Waals surface area contributed by atoms with Gasteiger partial charge in [-0.3, -0.25) is 19.2 Å². The van der Waals surface area contributed by atoms with Crippen molar-refractivity contribution in [1.82, 2.24) is 19.2 Å². The quantitative estimate of drug-likeness (QED) is 0.0304. The highest BCUT2D eigenvalue weighted by atomic mass is 32.2. The lowest BCUT2D eigenvalue weighted by Crippen LogP contribution is -2.34. The summed E-state index contributed by atoms with van der Waals surface area (Å²) in [6.07, 6.45) is 3.70. The summed E-state index contributed by atoms with van der Waals surface area (Å²) in [4.78, 5) is 55.0. The Balaban J connectivity index is 1.29. The summed E-state index contributed by atoms with van der Waals surface area (Å²) in [5.74, 6) is -2.51. The molecule has 2 amide bonds. The molecule has 18 nitrogen and oxygen atoms in total. The molecule has 0 fully saturated rings. The maximum Gasteiger partial charge on any atom is 0.258 e. The smallest absolute Gasteiger partial charge is 0.258 e. The van der Waals surface area contributed by atoms with Gasteiger partial charge >= 0.3 is 0 Å². The van der Waals surface area contributed by atoms with Crippen LogP contribution < -0.4 is 20.1 Å². The zero-order valence-corrected chi connectivity index (χ0v) is 39.6. The molecule has 0 aliphatic rings. The third-order valence-electron chi connectivity index (χ3n) is 10.2. The van der Waals surface area contributed by atoms with E-state index in [1.165, 1.54) is 62.4 Å². The number of Topliss-reactive ketones (excluding diaryl/α,β-unsaturated/α-hetero) is 2. The first-order valence-electron chi connectivity index (χ1n) is 21.4. The number of benzene rings is 4. The highest BCUT2D eigenvalue weighted by Gasteiger charge is 2.25. The number of carbonyl (C=O) groups is 4. The molecule has 0 bridgehead atoms. The van der Waals surface area contributed by atoms with Gasteiger partial charge in [-0.25, -0.2) is 26.3 Å². The highest BCUT2D eigenvalue weighted by Crippen LogP contribution is 2.21. The van der Waals surface area contributed by atoms with E-state index in [1.807, 2.05) is 39.8 Å².